The van der Waals surface area contributed by atoms with Gasteiger partial charge in [-0.15, -0.1) is 0 Å². The Bertz CT molecular complexity index is 897. The monoisotopic (exact) mass is 358 g/mol. The zero-order valence-electron chi connectivity index (χ0n) is 15.2. The highest BCUT2D eigenvalue weighted by molar-refractivity contribution is 6.65. The molecule has 0 N–H and O–H groups in total. The predicted molar refractivity (Wildman–Crippen MR) is 101 cm³/mol. The van der Waals surface area contributed by atoms with Crippen LogP contribution in [0.25, 0.3) is 0 Å². The molecular weight excluding hydrogens is 337 g/mol. The van der Waals surface area contributed by atoms with Gasteiger partial charge in [-0.1, -0.05) is 24.3 Å². The Kier molecular flexibility index (Phi) is 4.72. The van der Waals surface area contributed by atoms with Crippen molar-refractivity contribution in [3.63, 3.8) is 0 Å². The van der Waals surface area contributed by atoms with Crippen molar-refractivity contribution in [2.45, 2.75) is 13.8 Å². The number of halogens is 2. The number of hydrogen-bond acceptors (Lipinski definition) is 3. The highest BCUT2D eigenvalue weighted by atomic mass is 19.2. The van der Waals surface area contributed by atoms with Crippen molar-refractivity contribution in [2.24, 2.45) is 0 Å². The van der Waals surface area contributed by atoms with Crippen molar-refractivity contribution in [3.05, 3.63) is 60.3 Å². The fourth-order valence-corrected chi connectivity index (χ4v) is 3.42. The summed E-state index contributed by atoms with van der Waals surface area (Å²) in [5.41, 5.74) is 1.54. The highest BCUT2D eigenvalue weighted by Gasteiger charge is 2.54. The number of benzene rings is 2. The smallest absolute Gasteiger partial charge is 0.495 e. The summed E-state index contributed by atoms with van der Waals surface area (Å²) in [6, 6.07) is 13.6. The van der Waals surface area contributed by atoms with Crippen molar-refractivity contribution in [3.8, 4) is 11.5 Å². The van der Waals surface area contributed by atoms with E-state index >= 15 is 8.63 Å². The van der Waals surface area contributed by atoms with E-state index in [1.807, 2.05) is 0 Å². The quantitative estimate of drug-likeness (QED) is 0.747. The first-order valence-electron chi connectivity index (χ1n) is 8.30. The third-order valence-electron chi connectivity index (χ3n) is 4.49. The van der Waals surface area contributed by atoms with E-state index < -0.39 is 6.97 Å². The van der Waals surface area contributed by atoms with E-state index in [-0.39, 0.29) is 0 Å². The second-order valence-corrected chi connectivity index (χ2v) is 6.10. The molecule has 3 rings (SSSR count). The normalized spacial score (nSPS) is 16.4. The number of methoxy groups -OCH3 is 2. The van der Waals surface area contributed by atoms with Gasteiger partial charge < -0.3 is 27.4 Å². The molecule has 1 aliphatic rings. The fraction of sp³-hybridized carbons (Fsp3) is 0.211. The van der Waals surface area contributed by atoms with Gasteiger partial charge in [0.2, 0.25) is 5.69 Å². The Balaban J connectivity index is 2.23. The fourth-order valence-electron chi connectivity index (χ4n) is 3.42. The first-order chi connectivity index (χ1) is 12.4. The zero-order valence-corrected chi connectivity index (χ0v) is 15.2. The number of nitrogens with zero attached hydrogens (tertiary/aromatic N) is 2. The van der Waals surface area contributed by atoms with Crippen LogP contribution in [-0.2, 0) is 0 Å². The molecule has 0 fully saturated rings. The van der Waals surface area contributed by atoms with Crippen LogP contribution in [0.3, 0.4) is 0 Å². The summed E-state index contributed by atoms with van der Waals surface area (Å²) in [5.74, 6) is 0.780. The molecule has 0 bridgehead atoms. The number of rotatable bonds is 4. The van der Waals surface area contributed by atoms with E-state index in [1.54, 1.807) is 68.5 Å². The summed E-state index contributed by atoms with van der Waals surface area (Å²) in [5, 5.41) is 0. The molecule has 26 heavy (non-hydrogen) atoms. The van der Waals surface area contributed by atoms with Crippen molar-refractivity contribution in [2.75, 3.05) is 19.0 Å². The largest absolute Gasteiger partial charge is 0.737 e. The summed E-state index contributed by atoms with van der Waals surface area (Å²) < 4.78 is 43.2. The molecule has 7 heteroatoms. The lowest BCUT2D eigenvalue weighted by Gasteiger charge is -2.40. The molecule has 1 heterocycles. The van der Waals surface area contributed by atoms with Crippen LogP contribution >= 0.6 is 0 Å². The molecular formula is C19H21BF2N2O2. The van der Waals surface area contributed by atoms with Crippen molar-refractivity contribution in [1.82, 2.24) is 0 Å². The maximum Gasteiger partial charge on any atom is 0.737 e. The van der Waals surface area contributed by atoms with Gasteiger partial charge in [0, 0.05) is 19.1 Å². The SMILES string of the molecule is COc1ccccc1N1C(C)=CC(C)=[N+](c2ccccc2OC)[B-]1(F)F. The van der Waals surface area contributed by atoms with Crippen LogP contribution < -0.4 is 14.3 Å². The van der Waals surface area contributed by atoms with Crippen LogP contribution in [0.2, 0.25) is 0 Å². The van der Waals surface area contributed by atoms with Gasteiger partial charge in [0.25, 0.3) is 0 Å². The van der Waals surface area contributed by atoms with Gasteiger partial charge in [0.1, 0.15) is 11.5 Å². The average molecular weight is 358 g/mol. The Morgan fingerprint density at radius 3 is 2.12 bits per heavy atom. The molecule has 0 saturated carbocycles. The molecule has 0 atom stereocenters. The lowest BCUT2D eigenvalue weighted by Crippen LogP contribution is -2.57. The first-order valence-corrected chi connectivity index (χ1v) is 8.30. The molecule has 4 nitrogen and oxygen atoms in total. The van der Waals surface area contributed by atoms with Crippen LogP contribution in [0.1, 0.15) is 13.8 Å². The molecule has 0 aliphatic carbocycles. The molecule has 2 aromatic rings. The maximum absolute atomic E-state index is 15.8. The van der Waals surface area contributed by atoms with Gasteiger partial charge >= 0.3 is 6.97 Å². The molecule has 2 aromatic carbocycles. The molecule has 1 aliphatic heterocycles. The van der Waals surface area contributed by atoms with Gasteiger partial charge in [-0.3, -0.25) is 0 Å². The van der Waals surface area contributed by atoms with Gasteiger partial charge in [-0.2, -0.15) is 0 Å². The predicted octanol–water partition coefficient (Wildman–Crippen LogP) is 4.61. The van der Waals surface area contributed by atoms with E-state index in [1.165, 1.54) is 14.2 Å². The Labute approximate surface area is 152 Å². The summed E-state index contributed by atoms with van der Waals surface area (Å²) in [4.78, 5) is 1.04. The van der Waals surface area contributed by atoms with E-state index in [0.29, 0.717) is 34.3 Å². The summed E-state index contributed by atoms with van der Waals surface area (Å²) in [6.07, 6.45) is 1.73. The van der Waals surface area contributed by atoms with Crippen molar-refractivity contribution < 1.29 is 22.6 Å². The summed E-state index contributed by atoms with van der Waals surface area (Å²) in [6.45, 7) is -0.820. The van der Waals surface area contributed by atoms with Crippen molar-refractivity contribution >= 4 is 24.1 Å². The Morgan fingerprint density at radius 1 is 0.885 bits per heavy atom. The van der Waals surface area contributed by atoms with Crippen LogP contribution in [0.15, 0.2) is 60.3 Å². The Hall–Kier alpha value is -2.83. The molecule has 0 saturated heterocycles. The molecule has 0 amide bonds. The van der Waals surface area contributed by atoms with E-state index in [2.05, 4.69) is 0 Å². The van der Waals surface area contributed by atoms with E-state index in [0.717, 1.165) is 9.30 Å². The minimum absolute atomic E-state index is 0.321. The lowest BCUT2D eigenvalue weighted by atomic mass is 9.85. The second kappa shape index (κ2) is 6.82. The highest BCUT2D eigenvalue weighted by Crippen LogP contribution is 2.41. The third-order valence-corrected chi connectivity index (χ3v) is 4.49. The Morgan fingerprint density at radius 2 is 1.46 bits per heavy atom. The average Bonchev–Trinajstić information content (AvgIpc) is 2.61. The number of hydrogen-bond donors (Lipinski definition) is 0. The number of allylic oxidation sites excluding steroid dienone is 2. The maximum atomic E-state index is 15.8. The van der Waals surface area contributed by atoms with Gasteiger partial charge in [0.05, 0.1) is 19.9 Å². The van der Waals surface area contributed by atoms with Crippen LogP contribution in [0.5, 0.6) is 11.5 Å². The van der Waals surface area contributed by atoms with Gasteiger partial charge in [-0.05, 0) is 30.8 Å². The number of anilines is 1. The van der Waals surface area contributed by atoms with Crippen LogP contribution in [0, 0.1) is 0 Å². The minimum atomic E-state index is -4.16. The van der Waals surface area contributed by atoms with E-state index in [9.17, 15) is 0 Å². The minimum Gasteiger partial charge on any atom is -0.495 e. The third kappa shape index (κ3) is 2.83. The van der Waals surface area contributed by atoms with Crippen LogP contribution in [-0.4, -0.2) is 31.4 Å². The first kappa shape index (κ1) is 18.0. The van der Waals surface area contributed by atoms with E-state index in [4.69, 9.17) is 9.47 Å². The summed E-state index contributed by atoms with van der Waals surface area (Å²) >= 11 is 0. The topological polar surface area (TPSA) is 24.7 Å². The van der Waals surface area contributed by atoms with Gasteiger partial charge in [0.15, 0.2) is 5.75 Å². The second-order valence-electron chi connectivity index (χ2n) is 6.10. The lowest BCUT2D eigenvalue weighted by molar-refractivity contribution is -0.329. The van der Waals surface area contributed by atoms with Crippen LogP contribution in [0.4, 0.5) is 20.0 Å². The van der Waals surface area contributed by atoms with Crippen molar-refractivity contribution in [1.29, 1.82) is 0 Å². The molecule has 0 unspecified atom stereocenters. The zero-order chi connectivity index (χ0) is 18.9. The molecule has 0 spiro atoms. The van der Waals surface area contributed by atoms with Gasteiger partial charge in [-0.25, -0.2) is 0 Å². The summed E-state index contributed by atoms with van der Waals surface area (Å²) in [7, 11) is 2.95. The number of ether oxygens (including phenoxy) is 2. The standard InChI is InChI=1S/C19H21BF2N2O2/c1-14-13-15(2)24(17-10-6-8-12-19(17)26-4)20(21,22)23(14)16-9-5-7-11-18(16)25-3/h5-13H,1-4H3. The molecule has 0 radical (unpaired) electrons. The molecule has 136 valence electrons. The number of para-hydroxylation sites is 4. The molecule has 0 aromatic heterocycles.